The molecule has 3 heteroatoms. The van der Waals surface area contributed by atoms with Crippen LogP contribution in [0.25, 0.3) is 0 Å². The van der Waals surface area contributed by atoms with Gasteiger partial charge in [0.05, 0.1) is 0 Å². The third kappa shape index (κ3) is 1.79. The van der Waals surface area contributed by atoms with E-state index in [1.807, 2.05) is 6.07 Å². The molecule has 0 radical (unpaired) electrons. The zero-order valence-corrected chi connectivity index (χ0v) is 8.66. The van der Waals surface area contributed by atoms with Crippen molar-refractivity contribution in [3.05, 3.63) is 23.8 Å². The molecule has 2 aliphatic heterocycles. The van der Waals surface area contributed by atoms with Gasteiger partial charge in [0.2, 0.25) is 6.79 Å². The Hall–Kier alpha value is -1.22. The molecule has 0 aliphatic carbocycles. The van der Waals surface area contributed by atoms with Gasteiger partial charge >= 0.3 is 0 Å². The van der Waals surface area contributed by atoms with Crippen LogP contribution in [0.4, 0.5) is 0 Å². The molecule has 80 valence electrons. The van der Waals surface area contributed by atoms with Crippen LogP contribution in [0, 0.1) is 5.92 Å². The van der Waals surface area contributed by atoms with Crippen molar-refractivity contribution >= 4 is 0 Å². The number of hydrogen-bond acceptors (Lipinski definition) is 3. The second kappa shape index (κ2) is 3.74. The van der Waals surface area contributed by atoms with E-state index in [1.54, 1.807) is 0 Å². The molecule has 3 nitrogen and oxygen atoms in total. The average molecular weight is 205 g/mol. The third-order valence-corrected chi connectivity index (χ3v) is 3.12. The summed E-state index contributed by atoms with van der Waals surface area (Å²) in [4.78, 5) is 0. The van der Waals surface area contributed by atoms with Crippen LogP contribution < -0.4 is 14.8 Å². The summed E-state index contributed by atoms with van der Waals surface area (Å²) in [5.74, 6) is 2.56. The van der Waals surface area contributed by atoms with E-state index in [1.165, 1.54) is 12.0 Å². The first kappa shape index (κ1) is 9.04. The van der Waals surface area contributed by atoms with Crippen molar-refractivity contribution in [2.75, 3.05) is 19.9 Å². The lowest BCUT2D eigenvalue weighted by Crippen LogP contribution is -2.10. The van der Waals surface area contributed by atoms with E-state index in [2.05, 4.69) is 17.4 Å². The fourth-order valence-electron chi connectivity index (χ4n) is 2.29. The van der Waals surface area contributed by atoms with Gasteiger partial charge in [-0.3, -0.25) is 0 Å². The average Bonchev–Trinajstić information content (AvgIpc) is 2.87. The molecule has 1 fully saturated rings. The monoisotopic (exact) mass is 205 g/mol. The summed E-state index contributed by atoms with van der Waals surface area (Å²) in [6.07, 6.45) is 2.43. The highest BCUT2D eigenvalue weighted by atomic mass is 16.7. The van der Waals surface area contributed by atoms with Crippen molar-refractivity contribution in [1.29, 1.82) is 0 Å². The van der Waals surface area contributed by atoms with Crippen LogP contribution >= 0.6 is 0 Å². The number of hydrogen-bond donors (Lipinski definition) is 1. The highest BCUT2D eigenvalue weighted by Crippen LogP contribution is 2.33. The standard InChI is InChI=1S/C12H15NO2/c1-2-11-12(15-8-14-11)6-9(1)5-10-3-4-13-7-10/h1-2,6,10,13H,3-5,7-8H2. The van der Waals surface area contributed by atoms with Gasteiger partial charge in [0.25, 0.3) is 0 Å². The van der Waals surface area contributed by atoms with Crippen LogP contribution in [0.2, 0.25) is 0 Å². The summed E-state index contributed by atoms with van der Waals surface area (Å²) >= 11 is 0. The molecular formula is C12H15NO2. The zero-order valence-electron chi connectivity index (χ0n) is 8.66. The Bertz CT molecular complexity index is 359. The van der Waals surface area contributed by atoms with Crippen LogP contribution in [-0.2, 0) is 6.42 Å². The Kier molecular flexibility index (Phi) is 2.25. The molecule has 3 rings (SSSR count). The molecule has 1 aromatic rings. The normalized spacial score (nSPS) is 23.3. The minimum atomic E-state index is 0.365. The van der Waals surface area contributed by atoms with Crippen LogP contribution in [-0.4, -0.2) is 19.9 Å². The minimum Gasteiger partial charge on any atom is -0.454 e. The van der Waals surface area contributed by atoms with Gasteiger partial charge in [-0.25, -0.2) is 0 Å². The van der Waals surface area contributed by atoms with Gasteiger partial charge < -0.3 is 14.8 Å². The SMILES string of the molecule is c1cc2c(cc1CC1CCNC1)OCO2. The number of ether oxygens (including phenoxy) is 2. The summed E-state index contributed by atoms with van der Waals surface area (Å²) < 4.78 is 10.7. The van der Waals surface area contributed by atoms with E-state index in [4.69, 9.17) is 9.47 Å². The van der Waals surface area contributed by atoms with Crippen LogP contribution in [0.3, 0.4) is 0 Å². The largest absolute Gasteiger partial charge is 0.454 e. The molecule has 0 saturated carbocycles. The molecule has 2 heterocycles. The quantitative estimate of drug-likeness (QED) is 0.795. The van der Waals surface area contributed by atoms with Gasteiger partial charge in [0, 0.05) is 0 Å². The molecule has 1 aromatic carbocycles. The number of benzene rings is 1. The Morgan fingerprint density at radius 3 is 3.07 bits per heavy atom. The topological polar surface area (TPSA) is 30.5 Å². The molecule has 0 aromatic heterocycles. The molecule has 1 atom stereocenters. The Balaban J connectivity index is 1.75. The summed E-state index contributed by atoms with van der Waals surface area (Å²) in [5.41, 5.74) is 1.35. The predicted octanol–water partition coefficient (Wildman–Crippen LogP) is 1.57. The van der Waals surface area contributed by atoms with Gasteiger partial charge in [-0.1, -0.05) is 6.07 Å². The number of fused-ring (bicyclic) bond motifs is 1. The van der Waals surface area contributed by atoms with Gasteiger partial charge in [-0.15, -0.1) is 0 Å². The Morgan fingerprint density at radius 2 is 2.20 bits per heavy atom. The lowest BCUT2D eigenvalue weighted by molar-refractivity contribution is 0.174. The maximum atomic E-state index is 5.37. The second-order valence-corrected chi connectivity index (χ2v) is 4.25. The molecule has 1 saturated heterocycles. The number of rotatable bonds is 2. The first-order valence-electron chi connectivity index (χ1n) is 5.51. The lowest BCUT2D eigenvalue weighted by Gasteiger charge is -2.08. The van der Waals surface area contributed by atoms with E-state index in [0.717, 1.165) is 36.9 Å². The highest BCUT2D eigenvalue weighted by Gasteiger charge is 2.17. The number of nitrogens with one attached hydrogen (secondary N) is 1. The molecule has 0 spiro atoms. The van der Waals surface area contributed by atoms with Crippen molar-refractivity contribution in [3.63, 3.8) is 0 Å². The fourth-order valence-corrected chi connectivity index (χ4v) is 2.29. The molecule has 2 aliphatic rings. The third-order valence-electron chi connectivity index (χ3n) is 3.12. The van der Waals surface area contributed by atoms with Crippen molar-refractivity contribution in [2.45, 2.75) is 12.8 Å². The van der Waals surface area contributed by atoms with Crippen LogP contribution in [0.5, 0.6) is 11.5 Å². The molecule has 1 N–H and O–H groups in total. The Morgan fingerprint density at radius 1 is 1.27 bits per heavy atom. The maximum absolute atomic E-state index is 5.37. The zero-order chi connectivity index (χ0) is 10.1. The van der Waals surface area contributed by atoms with E-state index < -0.39 is 0 Å². The van der Waals surface area contributed by atoms with Crippen molar-refractivity contribution in [2.24, 2.45) is 5.92 Å². The molecule has 15 heavy (non-hydrogen) atoms. The first-order chi connectivity index (χ1) is 7.42. The second-order valence-electron chi connectivity index (χ2n) is 4.25. The van der Waals surface area contributed by atoms with E-state index in [9.17, 15) is 0 Å². The molecule has 0 amide bonds. The highest BCUT2D eigenvalue weighted by molar-refractivity contribution is 5.44. The lowest BCUT2D eigenvalue weighted by atomic mass is 9.98. The first-order valence-corrected chi connectivity index (χ1v) is 5.51. The van der Waals surface area contributed by atoms with Gasteiger partial charge in [-0.2, -0.15) is 0 Å². The van der Waals surface area contributed by atoms with E-state index in [0.29, 0.717) is 6.79 Å². The summed E-state index contributed by atoms with van der Waals surface area (Å²) in [5, 5.41) is 3.39. The van der Waals surface area contributed by atoms with Crippen molar-refractivity contribution in [3.8, 4) is 11.5 Å². The molecule has 1 unspecified atom stereocenters. The Labute approximate surface area is 89.4 Å². The van der Waals surface area contributed by atoms with E-state index in [-0.39, 0.29) is 0 Å². The van der Waals surface area contributed by atoms with Gasteiger partial charge in [0.15, 0.2) is 11.5 Å². The molecule has 0 bridgehead atoms. The van der Waals surface area contributed by atoms with Gasteiger partial charge in [0.1, 0.15) is 0 Å². The predicted molar refractivity (Wildman–Crippen MR) is 57.2 cm³/mol. The summed E-state index contributed by atoms with van der Waals surface area (Å²) in [7, 11) is 0. The maximum Gasteiger partial charge on any atom is 0.231 e. The van der Waals surface area contributed by atoms with Crippen LogP contribution in [0.15, 0.2) is 18.2 Å². The summed E-state index contributed by atoms with van der Waals surface area (Å²) in [6, 6.07) is 6.27. The smallest absolute Gasteiger partial charge is 0.231 e. The summed E-state index contributed by atoms with van der Waals surface area (Å²) in [6.45, 7) is 2.67. The van der Waals surface area contributed by atoms with Gasteiger partial charge in [-0.05, 0) is 49.5 Å². The van der Waals surface area contributed by atoms with Crippen LogP contribution in [0.1, 0.15) is 12.0 Å². The van der Waals surface area contributed by atoms with E-state index >= 15 is 0 Å². The molecular weight excluding hydrogens is 190 g/mol. The van der Waals surface area contributed by atoms with Crippen molar-refractivity contribution < 1.29 is 9.47 Å². The fraction of sp³-hybridized carbons (Fsp3) is 0.500. The minimum absolute atomic E-state index is 0.365. The van der Waals surface area contributed by atoms with Crippen molar-refractivity contribution in [1.82, 2.24) is 5.32 Å².